The number of carbonyl (C=O) groups excluding carboxylic acids is 1. The molecule has 1 aromatic carbocycles. The van der Waals surface area contributed by atoms with Crippen molar-refractivity contribution in [3.05, 3.63) is 42.2 Å². The van der Waals surface area contributed by atoms with E-state index in [-0.39, 0.29) is 5.91 Å². The summed E-state index contributed by atoms with van der Waals surface area (Å²) >= 11 is 0. The minimum absolute atomic E-state index is 0.0313. The predicted octanol–water partition coefficient (Wildman–Crippen LogP) is 2.58. The van der Waals surface area contributed by atoms with Crippen molar-refractivity contribution < 1.29 is 23.7 Å². The molecule has 3 aliphatic rings. The van der Waals surface area contributed by atoms with E-state index in [9.17, 15) is 4.79 Å². The second-order valence-electron chi connectivity index (χ2n) is 7.35. The smallest absolute Gasteiger partial charge is 0.255 e. The summed E-state index contributed by atoms with van der Waals surface area (Å²) in [4.78, 5) is 19.0. The van der Waals surface area contributed by atoms with E-state index < -0.39 is 5.79 Å². The molecule has 1 spiro atoms. The molecule has 8 heteroatoms. The van der Waals surface area contributed by atoms with Crippen molar-refractivity contribution in [2.75, 3.05) is 44.8 Å². The van der Waals surface area contributed by atoms with Crippen molar-refractivity contribution in [2.24, 2.45) is 0 Å². The average molecular weight is 397 g/mol. The lowest BCUT2D eigenvalue weighted by Gasteiger charge is -2.37. The van der Waals surface area contributed by atoms with Crippen molar-refractivity contribution in [1.29, 1.82) is 0 Å². The molecule has 2 aromatic rings. The van der Waals surface area contributed by atoms with Crippen LogP contribution >= 0.6 is 0 Å². The number of amides is 1. The molecule has 0 aliphatic carbocycles. The van der Waals surface area contributed by atoms with E-state index in [0.29, 0.717) is 63.7 Å². The highest BCUT2D eigenvalue weighted by atomic mass is 16.7. The van der Waals surface area contributed by atoms with Gasteiger partial charge in [0.25, 0.3) is 5.91 Å². The molecule has 1 amide bonds. The third kappa shape index (κ3) is 3.73. The summed E-state index contributed by atoms with van der Waals surface area (Å²) in [7, 11) is 0. The Morgan fingerprint density at radius 3 is 2.48 bits per heavy atom. The Hall–Kier alpha value is -2.84. The largest absolute Gasteiger partial charge is 0.486 e. The summed E-state index contributed by atoms with van der Waals surface area (Å²) in [6, 6.07) is 7.48. The van der Waals surface area contributed by atoms with E-state index >= 15 is 0 Å². The molecule has 2 fully saturated rings. The lowest BCUT2D eigenvalue weighted by Crippen LogP contribution is -2.47. The van der Waals surface area contributed by atoms with E-state index in [1.54, 1.807) is 12.4 Å². The van der Waals surface area contributed by atoms with Gasteiger partial charge in [0.1, 0.15) is 13.2 Å². The molecule has 4 heterocycles. The maximum Gasteiger partial charge on any atom is 0.255 e. The Morgan fingerprint density at radius 2 is 1.69 bits per heavy atom. The lowest BCUT2D eigenvalue weighted by atomic mass is 10.0. The predicted molar refractivity (Wildman–Crippen MR) is 105 cm³/mol. The zero-order valence-corrected chi connectivity index (χ0v) is 16.1. The number of ether oxygens (including phenoxy) is 4. The number of fused-ring (bicyclic) bond motifs is 1. The van der Waals surface area contributed by atoms with Crippen LogP contribution in [0.4, 0.5) is 11.4 Å². The Balaban J connectivity index is 1.26. The Morgan fingerprint density at radius 1 is 0.931 bits per heavy atom. The van der Waals surface area contributed by atoms with Crippen LogP contribution in [0.5, 0.6) is 11.5 Å². The number of hydrogen-bond acceptors (Lipinski definition) is 7. The number of pyridine rings is 1. The van der Waals surface area contributed by atoms with Gasteiger partial charge in [-0.3, -0.25) is 9.78 Å². The number of aromatic nitrogens is 1. The summed E-state index contributed by atoms with van der Waals surface area (Å²) in [5.41, 5.74) is 2.14. The van der Waals surface area contributed by atoms with Crippen LogP contribution in [0, 0.1) is 0 Å². The molecule has 0 unspecified atom stereocenters. The maximum atomic E-state index is 12.9. The molecule has 0 saturated carbocycles. The number of piperidine rings is 1. The first-order valence-electron chi connectivity index (χ1n) is 9.90. The maximum absolute atomic E-state index is 12.9. The quantitative estimate of drug-likeness (QED) is 0.852. The van der Waals surface area contributed by atoms with Crippen LogP contribution in [0.25, 0.3) is 0 Å². The van der Waals surface area contributed by atoms with Crippen LogP contribution in [0.2, 0.25) is 0 Å². The van der Waals surface area contributed by atoms with Gasteiger partial charge in [0, 0.05) is 43.9 Å². The second kappa shape index (κ2) is 7.53. The molecule has 0 radical (unpaired) electrons. The van der Waals surface area contributed by atoms with Crippen molar-refractivity contribution in [1.82, 2.24) is 9.88 Å². The van der Waals surface area contributed by atoms with Crippen LogP contribution in [0.1, 0.15) is 23.2 Å². The molecule has 29 heavy (non-hydrogen) atoms. The minimum atomic E-state index is -0.489. The fourth-order valence-corrected chi connectivity index (χ4v) is 3.93. The summed E-state index contributed by atoms with van der Waals surface area (Å²) in [5, 5.41) is 3.28. The number of hydrogen-bond donors (Lipinski definition) is 1. The van der Waals surface area contributed by atoms with Gasteiger partial charge in [-0.25, -0.2) is 0 Å². The standard InChI is InChI=1S/C21H23N3O5/c25-20(24-5-3-21(4-6-24)28-9-10-29-21)15-11-17(14-22-13-15)23-16-1-2-18-19(12-16)27-8-7-26-18/h1-2,11-14,23H,3-10H2. The molecular weight excluding hydrogens is 374 g/mol. The number of nitrogens with zero attached hydrogens (tertiary/aromatic N) is 2. The summed E-state index contributed by atoms with van der Waals surface area (Å²) < 4.78 is 22.6. The summed E-state index contributed by atoms with van der Waals surface area (Å²) in [6.45, 7) is 3.58. The van der Waals surface area contributed by atoms with Crippen molar-refractivity contribution in [3.8, 4) is 11.5 Å². The summed E-state index contributed by atoms with van der Waals surface area (Å²) in [5.74, 6) is 0.926. The first-order valence-corrected chi connectivity index (χ1v) is 9.90. The Kier molecular flexibility index (Phi) is 4.73. The topological polar surface area (TPSA) is 82.2 Å². The van der Waals surface area contributed by atoms with Gasteiger partial charge in [0.05, 0.1) is 30.7 Å². The third-order valence-corrected chi connectivity index (χ3v) is 5.44. The highest BCUT2D eigenvalue weighted by Crippen LogP contribution is 2.34. The number of carbonyl (C=O) groups is 1. The highest BCUT2D eigenvalue weighted by Gasteiger charge is 2.40. The third-order valence-electron chi connectivity index (χ3n) is 5.44. The monoisotopic (exact) mass is 397 g/mol. The molecule has 152 valence electrons. The van der Waals surface area contributed by atoms with Gasteiger partial charge >= 0.3 is 0 Å². The SMILES string of the molecule is O=C(c1cncc(Nc2ccc3c(c2)OCCO3)c1)N1CCC2(CC1)OCCO2. The number of benzene rings is 1. The number of rotatable bonds is 3. The van der Waals surface area contributed by atoms with Gasteiger partial charge in [0.15, 0.2) is 17.3 Å². The van der Waals surface area contributed by atoms with Crippen LogP contribution < -0.4 is 14.8 Å². The number of anilines is 2. The molecule has 2 saturated heterocycles. The van der Waals surface area contributed by atoms with Crippen LogP contribution in [0.3, 0.4) is 0 Å². The first kappa shape index (κ1) is 18.2. The highest BCUT2D eigenvalue weighted by molar-refractivity contribution is 5.95. The van der Waals surface area contributed by atoms with Gasteiger partial charge in [-0.1, -0.05) is 0 Å². The van der Waals surface area contributed by atoms with E-state index in [0.717, 1.165) is 17.1 Å². The molecule has 8 nitrogen and oxygen atoms in total. The molecule has 5 rings (SSSR count). The van der Waals surface area contributed by atoms with Gasteiger partial charge in [0.2, 0.25) is 0 Å². The van der Waals surface area contributed by atoms with Gasteiger partial charge < -0.3 is 29.2 Å². The van der Waals surface area contributed by atoms with E-state index in [1.807, 2.05) is 29.2 Å². The molecule has 3 aliphatic heterocycles. The van der Waals surface area contributed by atoms with Gasteiger partial charge in [-0.15, -0.1) is 0 Å². The minimum Gasteiger partial charge on any atom is -0.486 e. The Labute approximate surface area is 168 Å². The van der Waals surface area contributed by atoms with E-state index in [4.69, 9.17) is 18.9 Å². The summed E-state index contributed by atoms with van der Waals surface area (Å²) in [6.07, 6.45) is 4.69. The number of nitrogens with one attached hydrogen (secondary N) is 1. The fourth-order valence-electron chi connectivity index (χ4n) is 3.93. The second-order valence-corrected chi connectivity index (χ2v) is 7.35. The van der Waals surface area contributed by atoms with Gasteiger partial charge in [-0.2, -0.15) is 0 Å². The zero-order valence-electron chi connectivity index (χ0n) is 16.1. The normalized spacial score (nSPS) is 19.9. The molecule has 1 N–H and O–H groups in total. The Bertz CT molecular complexity index is 903. The average Bonchev–Trinajstić information content (AvgIpc) is 3.22. The van der Waals surface area contributed by atoms with E-state index in [1.165, 1.54) is 0 Å². The van der Waals surface area contributed by atoms with Crippen molar-refractivity contribution in [2.45, 2.75) is 18.6 Å². The lowest BCUT2D eigenvalue weighted by molar-refractivity contribution is -0.181. The first-order chi connectivity index (χ1) is 14.2. The number of likely N-dealkylation sites (tertiary alicyclic amines) is 1. The zero-order chi connectivity index (χ0) is 19.7. The molecule has 1 aromatic heterocycles. The van der Waals surface area contributed by atoms with E-state index in [2.05, 4.69) is 10.3 Å². The fraction of sp³-hybridized carbons (Fsp3) is 0.429. The molecule has 0 bridgehead atoms. The van der Waals surface area contributed by atoms with Crippen molar-refractivity contribution in [3.63, 3.8) is 0 Å². The van der Waals surface area contributed by atoms with Gasteiger partial charge in [-0.05, 0) is 18.2 Å². The van der Waals surface area contributed by atoms with Crippen LogP contribution in [-0.4, -0.2) is 61.1 Å². The van der Waals surface area contributed by atoms with Crippen molar-refractivity contribution >= 4 is 17.3 Å². The molecular formula is C21H23N3O5. The van der Waals surface area contributed by atoms with Crippen LogP contribution in [0.15, 0.2) is 36.7 Å². The van der Waals surface area contributed by atoms with Crippen LogP contribution in [-0.2, 0) is 9.47 Å². The molecule has 0 atom stereocenters.